The summed E-state index contributed by atoms with van der Waals surface area (Å²) in [4.78, 5) is 15.8. The average Bonchev–Trinajstić information content (AvgIpc) is 2.85. The van der Waals surface area contributed by atoms with E-state index in [4.69, 9.17) is 10.3 Å². The van der Waals surface area contributed by atoms with E-state index in [1.807, 2.05) is 0 Å². The number of nitrogens with one attached hydrogen (secondary N) is 1. The van der Waals surface area contributed by atoms with Gasteiger partial charge in [-0.05, 0) is 0 Å². The largest absolute Gasteiger partial charge is 0.396 e. The lowest BCUT2D eigenvalue weighted by Crippen LogP contribution is -2.27. The van der Waals surface area contributed by atoms with Gasteiger partial charge in [0, 0.05) is 33.1 Å². The lowest BCUT2D eigenvalue weighted by molar-refractivity contribution is 0.0949. The van der Waals surface area contributed by atoms with E-state index in [9.17, 15) is 4.79 Å². The molecule has 2 aromatic heterocycles. The van der Waals surface area contributed by atoms with Crippen LogP contribution in [0.15, 0.2) is 10.7 Å². The zero-order valence-corrected chi connectivity index (χ0v) is 10.2. The SMILES string of the molecule is Cc1nc(CCNC(=O)c2nn(C)cc2N)no1. The van der Waals surface area contributed by atoms with E-state index in [2.05, 4.69) is 20.6 Å². The molecule has 18 heavy (non-hydrogen) atoms. The molecule has 0 saturated carbocycles. The number of aromatic nitrogens is 4. The summed E-state index contributed by atoms with van der Waals surface area (Å²) in [5.41, 5.74) is 6.22. The molecule has 0 saturated heterocycles. The van der Waals surface area contributed by atoms with Gasteiger partial charge >= 0.3 is 0 Å². The molecule has 0 aromatic carbocycles. The van der Waals surface area contributed by atoms with Crippen LogP contribution in [-0.2, 0) is 13.5 Å². The molecule has 0 unspecified atom stereocenters. The van der Waals surface area contributed by atoms with Crippen molar-refractivity contribution in [2.24, 2.45) is 7.05 Å². The third-order valence-electron chi connectivity index (χ3n) is 2.28. The molecule has 0 spiro atoms. The van der Waals surface area contributed by atoms with Gasteiger partial charge in [-0.2, -0.15) is 10.1 Å². The standard InChI is InChI=1S/C10H14N6O2/c1-6-13-8(15-18-6)3-4-12-10(17)9-7(11)5-16(2)14-9/h5H,3-4,11H2,1-2H3,(H,12,17). The summed E-state index contributed by atoms with van der Waals surface area (Å²) in [6.07, 6.45) is 2.08. The van der Waals surface area contributed by atoms with Crippen LogP contribution in [0.3, 0.4) is 0 Å². The van der Waals surface area contributed by atoms with Crippen molar-refractivity contribution in [2.75, 3.05) is 12.3 Å². The maximum Gasteiger partial charge on any atom is 0.273 e. The summed E-state index contributed by atoms with van der Waals surface area (Å²) >= 11 is 0. The van der Waals surface area contributed by atoms with Crippen molar-refractivity contribution < 1.29 is 9.32 Å². The Morgan fingerprint density at radius 1 is 1.61 bits per heavy atom. The number of nitrogen functional groups attached to an aromatic ring is 1. The zero-order valence-electron chi connectivity index (χ0n) is 10.2. The van der Waals surface area contributed by atoms with E-state index in [0.29, 0.717) is 30.4 Å². The van der Waals surface area contributed by atoms with Gasteiger partial charge in [-0.1, -0.05) is 5.16 Å². The number of nitrogens with two attached hydrogens (primary N) is 1. The Morgan fingerprint density at radius 2 is 2.39 bits per heavy atom. The Hall–Kier alpha value is -2.38. The van der Waals surface area contributed by atoms with Crippen LogP contribution in [-0.4, -0.2) is 32.4 Å². The number of amides is 1. The quantitative estimate of drug-likeness (QED) is 0.768. The predicted octanol–water partition coefficient (Wildman–Crippen LogP) is -0.334. The Morgan fingerprint density at radius 3 is 2.94 bits per heavy atom. The molecule has 1 amide bonds. The molecule has 2 heterocycles. The van der Waals surface area contributed by atoms with Gasteiger partial charge in [-0.15, -0.1) is 0 Å². The minimum Gasteiger partial charge on any atom is -0.396 e. The minimum atomic E-state index is -0.312. The molecule has 0 aliphatic carbocycles. The average molecular weight is 250 g/mol. The Balaban J connectivity index is 1.87. The third-order valence-corrected chi connectivity index (χ3v) is 2.28. The summed E-state index contributed by atoms with van der Waals surface area (Å²) in [6, 6.07) is 0. The second-order valence-electron chi connectivity index (χ2n) is 3.84. The Labute approximate surface area is 103 Å². The first-order valence-corrected chi connectivity index (χ1v) is 5.43. The van der Waals surface area contributed by atoms with E-state index in [1.165, 1.54) is 4.68 Å². The van der Waals surface area contributed by atoms with Crippen molar-refractivity contribution in [1.82, 2.24) is 25.2 Å². The van der Waals surface area contributed by atoms with Crippen LogP contribution in [0.2, 0.25) is 0 Å². The first-order valence-electron chi connectivity index (χ1n) is 5.43. The second kappa shape index (κ2) is 4.86. The van der Waals surface area contributed by atoms with Crippen LogP contribution < -0.4 is 11.1 Å². The molecule has 0 radical (unpaired) electrons. The van der Waals surface area contributed by atoms with Gasteiger partial charge in [0.1, 0.15) is 0 Å². The first-order chi connectivity index (χ1) is 8.56. The van der Waals surface area contributed by atoms with Crippen LogP contribution in [0.5, 0.6) is 0 Å². The van der Waals surface area contributed by atoms with E-state index in [1.54, 1.807) is 20.2 Å². The summed E-state index contributed by atoms with van der Waals surface area (Å²) in [6.45, 7) is 2.11. The molecule has 96 valence electrons. The molecule has 3 N–H and O–H groups in total. The monoisotopic (exact) mass is 250 g/mol. The highest BCUT2D eigenvalue weighted by molar-refractivity contribution is 5.96. The molecule has 0 fully saturated rings. The second-order valence-corrected chi connectivity index (χ2v) is 3.84. The lowest BCUT2D eigenvalue weighted by atomic mass is 10.3. The van der Waals surface area contributed by atoms with Gasteiger partial charge in [-0.3, -0.25) is 9.48 Å². The van der Waals surface area contributed by atoms with Gasteiger partial charge in [0.2, 0.25) is 5.89 Å². The number of hydrogen-bond donors (Lipinski definition) is 2. The number of nitrogens with zero attached hydrogens (tertiary/aromatic N) is 4. The molecule has 2 aromatic rings. The van der Waals surface area contributed by atoms with Crippen molar-refractivity contribution in [2.45, 2.75) is 13.3 Å². The van der Waals surface area contributed by atoms with Gasteiger partial charge in [0.25, 0.3) is 5.91 Å². The van der Waals surface area contributed by atoms with E-state index < -0.39 is 0 Å². The minimum absolute atomic E-state index is 0.224. The number of anilines is 1. The predicted molar refractivity (Wildman–Crippen MR) is 62.7 cm³/mol. The van der Waals surface area contributed by atoms with Crippen molar-refractivity contribution >= 4 is 11.6 Å². The van der Waals surface area contributed by atoms with Crippen LogP contribution >= 0.6 is 0 Å². The number of carbonyl (C=O) groups excluding carboxylic acids is 1. The highest BCUT2D eigenvalue weighted by Gasteiger charge is 2.13. The number of aryl methyl sites for hydroxylation is 2. The molecule has 8 nitrogen and oxygen atoms in total. The third kappa shape index (κ3) is 2.65. The van der Waals surface area contributed by atoms with Crippen molar-refractivity contribution in [1.29, 1.82) is 0 Å². The lowest BCUT2D eigenvalue weighted by Gasteiger charge is -2.01. The highest BCUT2D eigenvalue weighted by atomic mass is 16.5. The summed E-state index contributed by atoms with van der Waals surface area (Å²) in [5, 5.41) is 10.4. The van der Waals surface area contributed by atoms with Gasteiger partial charge in [0.15, 0.2) is 11.5 Å². The fourth-order valence-electron chi connectivity index (χ4n) is 1.50. The smallest absolute Gasteiger partial charge is 0.273 e. The van der Waals surface area contributed by atoms with E-state index in [0.717, 1.165) is 0 Å². The maximum atomic E-state index is 11.7. The summed E-state index contributed by atoms with van der Waals surface area (Å²) < 4.78 is 6.31. The van der Waals surface area contributed by atoms with Crippen molar-refractivity contribution in [3.63, 3.8) is 0 Å². The summed E-state index contributed by atoms with van der Waals surface area (Å²) in [7, 11) is 1.70. The number of carbonyl (C=O) groups is 1. The topological polar surface area (TPSA) is 112 Å². The molecule has 0 aliphatic heterocycles. The molecule has 0 bridgehead atoms. The maximum absolute atomic E-state index is 11.7. The van der Waals surface area contributed by atoms with Gasteiger partial charge in [-0.25, -0.2) is 0 Å². The Bertz CT molecular complexity index is 558. The van der Waals surface area contributed by atoms with Crippen LogP contribution in [0.25, 0.3) is 0 Å². The molecular formula is C10H14N6O2. The van der Waals surface area contributed by atoms with Gasteiger partial charge in [0.05, 0.1) is 5.69 Å². The van der Waals surface area contributed by atoms with Crippen LogP contribution in [0.4, 0.5) is 5.69 Å². The Kier molecular flexibility index (Phi) is 3.26. The number of rotatable bonds is 4. The molecule has 8 heteroatoms. The van der Waals surface area contributed by atoms with Gasteiger partial charge < -0.3 is 15.6 Å². The van der Waals surface area contributed by atoms with Crippen LogP contribution in [0, 0.1) is 6.92 Å². The van der Waals surface area contributed by atoms with E-state index in [-0.39, 0.29) is 11.6 Å². The fraction of sp³-hybridized carbons (Fsp3) is 0.400. The zero-order chi connectivity index (χ0) is 13.1. The number of hydrogen-bond acceptors (Lipinski definition) is 6. The molecule has 0 atom stereocenters. The molecular weight excluding hydrogens is 236 g/mol. The fourth-order valence-corrected chi connectivity index (χ4v) is 1.50. The molecule has 2 rings (SSSR count). The molecule has 0 aliphatic rings. The summed E-state index contributed by atoms with van der Waals surface area (Å²) in [5.74, 6) is 0.750. The van der Waals surface area contributed by atoms with Crippen molar-refractivity contribution in [3.8, 4) is 0 Å². The van der Waals surface area contributed by atoms with Crippen LogP contribution in [0.1, 0.15) is 22.2 Å². The normalized spacial score (nSPS) is 10.6. The van der Waals surface area contributed by atoms with Crippen molar-refractivity contribution in [3.05, 3.63) is 23.6 Å². The van der Waals surface area contributed by atoms with E-state index >= 15 is 0 Å². The first kappa shape index (κ1) is 12.1. The highest BCUT2D eigenvalue weighted by Crippen LogP contribution is 2.07.